The fourth-order valence-electron chi connectivity index (χ4n) is 3.15. The Morgan fingerprint density at radius 3 is 2.52 bits per heavy atom. The summed E-state index contributed by atoms with van der Waals surface area (Å²) in [6.07, 6.45) is 0. The summed E-state index contributed by atoms with van der Waals surface area (Å²) in [5.41, 5.74) is 2.01. The van der Waals surface area contributed by atoms with Crippen molar-refractivity contribution in [3.63, 3.8) is 0 Å². The summed E-state index contributed by atoms with van der Waals surface area (Å²) in [7, 11) is 2.09. The molecule has 0 atom stereocenters. The number of carbonyl (C=O) groups excluding carboxylic acids is 1. The Bertz CT molecular complexity index is 879. The van der Waals surface area contributed by atoms with E-state index in [-0.39, 0.29) is 11.3 Å². The summed E-state index contributed by atoms with van der Waals surface area (Å²) in [6, 6.07) is 9.85. The molecular formula is C19H21ClN4O3. The molecule has 142 valence electrons. The molecule has 1 aliphatic rings. The van der Waals surface area contributed by atoms with Gasteiger partial charge < -0.3 is 15.1 Å². The van der Waals surface area contributed by atoms with Crippen molar-refractivity contribution in [1.29, 1.82) is 0 Å². The number of likely N-dealkylation sites (N-methyl/N-ethyl adjacent to an activating group) is 1. The van der Waals surface area contributed by atoms with Crippen molar-refractivity contribution in [1.82, 2.24) is 4.90 Å². The van der Waals surface area contributed by atoms with Crippen molar-refractivity contribution >= 4 is 34.6 Å². The molecule has 3 rings (SSSR count). The Morgan fingerprint density at radius 2 is 1.89 bits per heavy atom. The number of benzene rings is 2. The molecule has 0 aromatic heterocycles. The zero-order valence-electron chi connectivity index (χ0n) is 15.2. The van der Waals surface area contributed by atoms with Gasteiger partial charge in [-0.3, -0.25) is 14.9 Å². The van der Waals surface area contributed by atoms with E-state index < -0.39 is 10.8 Å². The van der Waals surface area contributed by atoms with E-state index in [4.69, 9.17) is 11.6 Å². The fraction of sp³-hybridized carbons (Fsp3) is 0.316. The first kappa shape index (κ1) is 19.1. The zero-order valence-corrected chi connectivity index (χ0v) is 16.0. The molecule has 27 heavy (non-hydrogen) atoms. The maximum Gasteiger partial charge on any atom is 0.273 e. The average molecular weight is 389 g/mol. The highest BCUT2D eigenvalue weighted by molar-refractivity contribution is 6.33. The van der Waals surface area contributed by atoms with Crippen LogP contribution in [0.3, 0.4) is 0 Å². The highest BCUT2D eigenvalue weighted by Gasteiger charge is 2.19. The van der Waals surface area contributed by atoms with Crippen LogP contribution in [0.25, 0.3) is 0 Å². The van der Waals surface area contributed by atoms with Crippen LogP contribution in [0.1, 0.15) is 15.9 Å². The van der Waals surface area contributed by atoms with Gasteiger partial charge in [-0.05, 0) is 38.2 Å². The lowest BCUT2D eigenvalue weighted by Gasteiger charge is -2.34. The van der Waals surface area contributed by atoms with Gasteiger partial charge in [-0.15, -0.1) is 0 Å². The van der Waals surface area contributed by atoms with E-state index in [2.05, 4.69) is 22.2 Å². The molecule has 0 saturated carbocycles. The van der Waals surface area contributed by atoms with E-state index in [0.29, 0.717) is 16.3 Å². The van der Waals surface area contributed by atoms with Gasteiger partial charge in [0.1, 0.15) is 0 Å². The molecule has 1 aliphatic heterocycles. The lowest BCUT2D eigenvalue weighted by Crippen LogP contribution is -2.44. The first-order valence-electron chi connectivity index (χ1n) is 8.65. The van der Waals surface area contributed by atoms with Crippen LogP contribution in [0.5, 0.6) is 0 Å². The number of rotatable bonds is 4. The van der Waals surface area contributed by atoms with Gasteiger partial charge >= 0.3 is 0 Å². The Labute approximate surface area is 162 Å². The summed E-state index contributed by atoms with van der Waals surface area (Å²) >= 11 is 6.43. The number of carbonyl (C=O) groups is 1. The maximum absolute atomic E-state index is 12.6. The van der Waals surface area contributed by atoms with Crippen LogP contribution >= 0.6 is 11.6 Å². The summed E-state index contributed by atoms with van der Waals surface area (Å²) in [4.78, 5) is 27.6. The van der Waals surface area contributed by atoms with Crippen molar-refractivity contribution in [2.45, 2.75) is 6.92 Å². The fourth-order valence-corrected chi connectivity index (χ4v) is 3.45. The number of nitro benzene ring substituents is 1. The number of piperazine rings is 1. The van der Waals surface area contributed by atoms with E-state index in [0.717, 1.165) is 31.9 Å². The summed E-state index contributed by atoms with van der Waals surface area (Å²) in [6.45, 7) is 5.31. The molecule has 1 saturated heterocycles. The minimum atomic E-state index is -0.492. The van der Waals surface area contributed by atoms with E-state index >= 15 is 0 Å². The van der Waals surface area contributed by atoms with Crippen molar-refractivity contribution in [3.05, 3.63) is 62.7 Å². The second-order valence-corrected chi connectivity index (χ2v) is 7.02. The van der Waals surface area contributed by atoms with Crippen molar-refractivity contribution < 1.29 is 9.72 Å². The predicted octanol–water partition coefficient (Wildman–Crippen LogP) is 3.56. The third-order valence-corrected chi connectivity index (χ3v) is 5.10. The second kappa shape index (κ2) is 7.94. The van der Waals surface area contributed by atoms with Crippen LogP contribution in [0.2, 0.25) is 5.02 Å². The van der Waals surface area contributed by atoms with E-state index in [9.17, 15) is 14.9 Å². The van der Waals surface area contributed by atoms with Crippen LogP contribution in [-0.2, 0) is 0 Å². The van der Waals surface area contributed by atoms with Gasteiger partial charge in [0.05, 0.1) is 15.6 Å². The standard InChI is InChI=1S/C19H21ClN4O3/c1-13-15(4-3-5-17(13)24(26)27)19(25)21-14-6-7-18(16(20)12-14)23-10-8-22(2)9-11-23/h3-7,12H,8-11H2,1-2H3,(H,21,25). The minimum absolute atomic E-state index is 0.0777. The number of amides is 1. The zero-order chi connectivity index (χ0) is 19.6. The van der Waals surface area contributed by atoms with E-state index in [1.54, 1.807) is 25.1 Å². The summed E-state index contributed by atoms with van der Waals surface area (Å²) in [5, 5.41) is 14.4. The number of hydrogen-bond acceptors (Lipinski definition) is 5. The molecular weight excluding hydrogens is 368 g/mol. The molecule has 8 heteroatoms. The Balaban J connectivity index is 1.77. The molecule has 0 unspecified atom stereocenters. The van der Waals surface area contributed by atoms with Crippen molar-refractivity contribution in [2.75, 3.05) is 43.4 Å². The molecule has 2 aromatic rings. The molecule has 7 nitrogen and oxygen atoms in total. The van der Waals surface area contributed by atoms with Gasteiger partial charge in [-0.25, -0.2) is 0 Å². The largest absolute Gasteiger partial charge is 0.368 e. The first-order valence-corrected chi connectivity index (χ1v) is 9.03. The third-order valence-electron chi connectivity index (χ3n) is 4.80. The monoisotopic (exact) mass is 388 g/mol. The highest BCUT2D eigenvalue weighted by Crippen LogP contribution is 2.30. The van der Waals surface area contributed by atoms with Gasteiger partial charge in [-0.1, -0.05) is 17.7 Å². The summed E-state index contributed by atoms with van der Waals surface area (Å²) < 4.78 is 0. The maximum atomic E-state index is 12.6. The van der Waals surface area contributed by atoms with Crippen LogP contribution in [0.4, 0.5) is 17.1 Å². The molecule has 2 aromatic carbocycles. The van der Waals surface area contributed by atoms with Crippen molar-refractivity contribution in [2.24, 2.45) is 0 Å². The minimum Gasteiger partial charge on any atom is -0.368 e. The number of nitro groups is 1. The molecule has 1 heterocycles. The molecule has 0 spiro atoms. The normalized spacial score (nSPS) is 14.9. The molecule has 0 bridgehead atoms. The Morgan fingerprint density at radius 1 is 1.19 bits per heavy atom. The van der Waals surface area contributed by atoms with Crippen molar-refractivity contribution in [3.8, 4) is 0 Å². The molecule has 1 fully saturated rings. The van der Waals surface area contributed by atoms with Gasteiger partial charge in [-0.2, -0.15) is 0 Å². The highest BCUT2D eigenvalue weighted by atomic mass is 35.5. The molecule has 0 radical (unpaired) electrons. The van der Waals surface area contributed by atoms with Crippen LogP contribution in [0.15, 0.2) is 36.4 Å². The predicted molar refractivity (Wildman–Crippen MR) is 107 cm³/mol. The lowest BCUT2D eigenvalue weighted by molar-refractivity contribution is -0.385. The van der Waals surface area contributed by atoms with Crippen LogP contribution < -0.4 is 10.2 Å². The Hall–Kier alpha value is -2.64. The number of halogens is 1. The van der Waals surface area contributed by atoms with Gasteiger partial charge in [0, 0.05) is 49.1 Å². The SMILES string of the molecule is Cc1c(C(=O)Nc2ccc(N3CCN(C)CC3)c(Cl)c2)cccc1[N+](=O)[O-]. The molecule has 1 amide bonds. The lowest BCUT2D eigenvalue weighted by atomic mass is 10.1. The van der Waals surface area contributed by atoms with Gasteiger partial charge in [0.25, 0.3) is 11.6 Å². The number of nitrogens with zero attached hydrogens (tertiary/aromatic N) is 3. The van der Waals surface area contributed by atoms with Gasteiger partial charge in [0.2, 0.25) is 0 Å². The topological polar surface area (TPSA) is 78.7 Å². The smallest absolute Gasteiger partial charge is 0.273 e. The quantitative estimate of drug-likeness (QED) is 0.640. The van der Waals surface area contributed by atoms with Crippen LogP contribution in [0, 0.1) is 17.0 Å². The first-order chi connectivity index (χ1) is 12.9. The van der Waals surface area contributed by atoms with Crippen LogP contribution in [-0.4, -0.2) is 49.0 Å². The van der Waals surface area contributed by atoms with Gasteiger partial charge in [0.15, 0.2) is 0 Å². The molecule has 0 aliphatic carbocycles. The third kappa shape index (κ3) is 4.20. The number of nitrogens with one attached hydrogen (secondary N) is 1. The molecule has 1 N–H and O–H groups in total. The van der Waals surface area contributed by atoms with E-state index in [1.807, 2.05) is 6.07 Å². The second-order valence-electron chi connectivity index (χ2n) is 6.62. The average Bonchev–Trinajstić information content (AvgIpc) is 2.62. The Kier molecular flexibility index (Phi) is 5.62. The number of hydrogen-bond donors (Lipinski definition) is 1. The van der Waals surface area contributed by atoms with E-state index in [1.165, 1.54) is 12.1 Å². The summed E-state index contributed by atoms with van der Waals surface area (Å²) in [5.74, 6) is -0.403. The number of anilines is 2.